The van der Waals surface area contributed by atoms with E-state index in [1.807, 2.05) is 48.5 Å². The van der Waals surface area contributed by atoms with Gasteiger partial charge in [-0.25, -0.2) is 0 Å². The number of amides is 1. The van der Waals surface area contributed by atoms with Crippen molar-refractivity contribution in [3.05, 3.63) is 96.1 Å². The number of nitrogens with two attached hydrogens (primary N) is 1. The number of thioether (sulfide) groups is 1. The Morgan fingerprint density at radius 2 is 1.44 bits per heavy atom. The van der Waals surface area contributed by atoms with Gasteiger partial charge >= 0.3 is 0 Å². The molecule has 0 bridgehead atoms. The molecule has 4 heteroatoms. The highest BCUT2D eigenvalue weighted by atomic mass is 32.2. The number of carbonyl (C=O) groups is 1. The van der Waals surface area contributed by atoms with Crippen LogP contribution in [0.1, 0.15) is 11.1 Å². The molecule has 0 heterocycles. The highest BCUT2D eigenvalue weighted by Gasteiger charge is 2.19. The lowest BCUT2D eigenvalue weighted by Gasteiger charge is -2.21. The Hall–Kier alpha value is -2.56. The molecule has 138 valence electrons. The van der Waals surface area contributed by atoms with Crippen molar-refractivity contribution in [3.63, 3.8) is 0 Å². The van der Waals surface area contributed by atoms with Crippen LogP contribution in [-0.2, 0) is 17.0 Å². The molecule has 0 radical (unpaired) electrons. The summed E-state index contributed by atoms with van der Waals surface area (Å²) >= 11 is 1.78. The highest BCUT2D eigenvalue weighted by Crippen LogP contribution is 2.25. The average Bonchev–Trinajstić information content (AvgIpc) is 2.73. The second-order valence-corrected chi connectivity index (χ2v) is 7.51. The van der Waals surface area contributed by atoms with E-state index in [0.717, 1.165) is 17.0 Å². The van der Waals surface area contributed by atoms with Crippen molar-refractivity contribution in [3.8, 4) is 0 Å². The smallest absolute Gasteiger partial charge is 0.243 e. The van der Waals surface area contributed by atoms with Crippen LogP contribution in [0.15, 0.2) is 89.8 Å². The van der Waals surface area contributed by atoms with Gasteiger partial charge in [-0.3, -0.25) is 4.79 Å². The summed E-state index contributed by atoms with van der Waals surface area (Å²) in [6, 6.07) is 27.7. The molecule has 1 atom stereocenters. The monoisotopic (exact) mass is 376 g/mol. The second-order valence-electron chi connectivity index (χ2n) is 6.46. The van der Waals surface area contributed by atoms with Gasteiger partial charge in [0.25, 0.3) is 0 Å². The zero-order valence-corrected chi connectivity index (χ0v) is 16.2. The maximum Gasteiger partial charge on any atom is 0.243 e. The number of anilines is 1. The van der Waals surface area contributed by atoms with Crippen LogP contribution >= 0.6 is 11.8 Å². The number of likely N-dealkylation sites (N-methyl/N-ethyl adjacent to an activating group) is 1. The van der Waals surface area contributed by atoms with E-state index >= 15 is 0 Å². The van der Waals surface area contributed by atoms with Gasteiger partial charge in [0.1, 0.15) is 0 Å². The normalized spacial score (nSPS) is 11.8. The van der Waals surface area contributed by atoms with Crippen molar-refractivity contribution in [2.75, 3.05) is 11.9 Å². The molecule has 1 unspecified atom stereocenters. The first kappa shape index (κ1) is 19.2. The third-order valence-corrected chi connectivity index (χ3v) is 5.50. The Balaban J connectivity index is 1.57. The second kappa shape index (κ2) is 9.40. The van der Waals surface area contributed by atoms with Crippen molar-refractivity contribution < 1.29 is 4.79 Å². The fourth-order valence-corrected chi connectivity index (χ4v) is 3.69. The van der Waals surface area contributed by atoms with Crippen LogP contribution in [0.3, 0.4) is 0 Å². The van der Waals surface area contributed by atoms with Crippen LogP contribution in [-0.4, -0.2) is 19.0 Å². The van der Waals surface area contributed by atoms with Crippen LogP contribution in [0, 0.1) is 0 Å². The molecule has 0 saturated heterocycles. The third kappa shape index (κ3) is 5.46. The number of rotatable bonds is 7. The quantitative estimate of drug-likeness (QED) is 0.617. The molecule has 3 rings (SSSR count). The lowest BCUT2D eigenvalue weighted by atomic mass is 10.1. The molecular weight excluding hydrogens is 352 g/mol. The fraction of sp³-hybridized carbons (Fsp3) is 0.174. The van der Waals surface area contributed by atoms with E-state index in [1.54, 1.807) is 23.7 Å². The highest BCUT2D eigenvalue weighted by molar-refractivity contribution is 7.98. The van der Waals surface area contributed by atoms with Crippen LogP contribution in [0.2, 0.25) is 0 Å². The van der Waals surface area contributed by atoms with Crippen molar-refractivity contribution in [1.29, 1.82) is 0 Å². The van der Waals surface area contributed by atoms with Crippen LogP contribution in [0.25, 0.3) is 0 Å². The van der Waals surface area contributed by atoms with Gasteiger partial charge in [-0.1, -0.05) is 60.7 Å². The van der Waals surface area contributed by atoms with Crippen LogP contribution in [0.5, 0.6) is 0 Å². The van der Waals surface area contributed by atoms with Gasteiger partial charge in [-0.15, -0.1) is 11.8 Å². The molecule has 1 amide bonds. The lowest BCUT2D eigenvalue weighted by molar-refractivity contribution is -0.119. The number of nitrogens with zero attached hydrogens (tertiary/aromatic N) is 1. The molecular formula is C23H24N2OS. The fourth-order valence-electron chi connectivity index (χ4n) is 2.84. The summed E-state index contributed by atoms with van der Waals surface area (Å²) < 4.78 is 0. The number of hydrogen-bond acceptors (Lipinski definition) is 3. The minimum absolute atomic E-state index is 0.0801. The summed E-state index contributed by atoms with van der Waals surface area (Å²) in [5, 5.41) is 0. The summed E-state index contributed by atoms with van der Waals surface area (Å²) in [4.78, 5) is 15.5. The van der Waals surface area contributed by atoms with Crippen molar-refractivity contribution in [2.45, 2.75) is 23.1 Å². The van der Waals surface area contributed by atoms with Gasteiger partial charge in [0, 0.05) is 23.4 Å². The van der Waals surface area contributed by atoms with Gasteiger partial charge in [0.15, 0.2) is 0 Å². The van der Waals surface area contributed by atoms with E-state index in [2.05, 4.69) is 36.4 Å². The van der Waals surface area contributed by atoms with Crippen molar-refractivity contribution >= 4 is 23.4 Å². The standard InChI is InChI=1S/C23H24N2OS/c1-25(23(26)22(24)16-18-8-4-2-5-9-18)20-12-14-21(15-13-20)27-17-19-10-6-3-7-11-19/h2-15,22H,16-17,24H2,1H3. The number of hydrogen-bond donors (Lipinski definition) is 1. The third-order valence-electron chi connectivity index (χ3n) is 4.42. The van der Waals surface area contributed by atoms with Gasteiger partial charge in [-0.2, -0.15) is 0 Å². The Bertz CT molecular complexity index is 851. The van der Waals surface area contributed by atoms with E-state index in [0.29, 0.717) is 6.42 Å². The Kier molecular flexibility index (Phi) is 6.69. The zero-order chi connectivity index (χ0) is 19.1. The minimum Gasteiger partial charge on any atom is -0.320 e. The molecule has 0 fully saturated rings. The molecule has 0 aliphatic heterocycles. The first-order valence-electron chi connectivity index (χ1n) is 8.97. The Morgan fingerprint density at radius 1 is 0.889 bits per heavy atom. The van der Waals surface area contributed by atoms with Crippen LogP contribution < -0.4 is 10.6 Å². The maximum absolute atomic E-state index is 12.6. The van der Waals surface area contributed by atoms with E-state index in [-0.39, 0.29) is 5.91 Å². The first-order valence-corrected chi connectivity index (χ1v) is 9.96. The summed E-state index contributed by atoms with van der Waals surface area (Å²) in [6.07, 6.45) is 0.537. The molecule has 0 saturated carbocycles. The molecule has 2 N–H and O–H groups in total. The number of benzene rings is 3. The topological polar surface area (TPSA) is 46.3 Å². The molecule has 3 aromatic rings. The molecule has 0 aromatic heterocycles. The summed E-state index contributed by atoms with van der Waals surface area (Å²) in [5.41, 5.74) is 9.35. The number of carbonyl (C=O) groups excluding carboxylic acids is 1. The van der Waals surface area contributed by atoms with Crippen molar-refractivity contribution in [1.82, 2.24) is 0 Å². The van der Waals surface area contributed by atoms with E-state index in [1.165, 1.54) is 10.5 Å². The summed E-state index contributed by atoms with van der Waals surface area (Å²) in [7, 11) is 1.78. The summed E-state index contributed by atoms with van der Waals surface area (Å²) in [5.74, 6) is 0.847. The minimum atomic E-state index is -0.551. The SMILES string of the molecule is CN(C(=O)C(N)Cc1ccccc1)c1ccc(SCc2ccccc2)cc1. The van der Waals surface area contributed by atoms with Gasteiger partial charge in [0.05, 0.1) is 6.04 Å². The molecule has 3 nitrogen and oxygen atoms in total. The maximum atomic E-state index is 12.6. The van der Waals surface area contributed by atoms with Crippen molar-refractivity contribution in [2.24, 2.45) is 5.73 Å². The zero-order valence-electron chi connectivity index (χ0n) is 15.4. The first-order chi connectivity index (χ1) is 13.1. The van der Waals surface area contributed by atoms with E-state index < -0.39 is 6.04 Å². The average molecular weight is 377 g/mol. The largest absolute Gasteiger partial charge is 0.320 e. The van der Waals surface area contributed by atoms with E-state index in [9.17, 15) is 4.79 Å². The van der Waals surface area contributed by atoms with Gasteiger partial charge in [0.2, 0.25) is 5.91 Å². The summed E-state index contributed by atoms with van der Waals surface area (Å²) in [6.45, 7) is 0. The Morgan fingerprint density at radius 3 is 2.04 bits per heavy atom. The molecule has 0 aliphatic rings. The van der Waals surface area contributed by atoms with Crippen LogP contribution in [0.4, 0.5) is 5.69 Å². The Labute approximate surface area is 165 Å². The predicted molar refractivity (Wildman–Crippen MR) is 114 cm³/mol. The van der Waals surface area contributed by atoms with E-state index in [4.69, 9.17) is 5.73 Å². The van der Waals surface area contributed by atoms with Gasteiger partial charge < -0.3 is 10.6 Å². The molecule has 3 aromatic carbocycles. The predicted octanol–water partition coefficient (Wildman–Crippen LogP) is 4.51. The molecule has 0 aliphatic carbocycles. The molecule has 0 spiro atoms. The molecule has 27 heavy (non-hydrogen) atoms. The lowest BCUT2D eigenvalue weighted by Crippen LogP contribution is -2.43. The van der Waals surface area contributed by atoms with Gasteiger partial charge in [-0.05, 0) is 41.8 Å².